The Labute approximate surface area is 131 Å². The molecule has 0 aromatic heterocycles. The summed E-state index contributed by atoms with van der Waals surface area (Å²) in [6, 6.07) is 6.38. The third-order valence-electron chi connectivity index (χ3n) is 3.03. The zero-order chi connectivity index (χ0) is 16.5. The van der Waals surface area contributed by atoms with Crippen LogP contribution in [0.5, 0.6) is 5.75 Å². The van der Waals surface area contributed by atoms with Crippen LogP contribution in [0.25, 0.3) is 0 Å². The molecule has 1 atom stereocenters. The first-order chi connectivity index (χ1) is 10.4. The van der Waals surface area contributed by atoms with E-state index in [-0.39, 0.29) is 11.8 Å². The number of urea groups is 1. The smallest absolute Gasteiger partial charge is 0.312 e. The summed E-state index contributed by atoms with van der Waals surface area (Å²) in [4.78, 5) is 23.0. The van der Waals surface area contributed by atoms with Crippen molar-refractivity contribution in [2.75, 3.05) is 13.2 Å². The molecule has 0 aliphatic rings. The van der Waals surface area contributed by atoms with Crippen LogP contribution in [0, 0.1) is 12.8 Å². The number of carbonyl (C=O) groups excluding carboxylic acids is 2. The number of amides is 3. The Morgan fingerprint density at radius 2 is 1.86 bits per heavy atom. The molecule has 1 rings (SSSR count). The molecule has 0 saturated carbocycles. The molecule has 0 radical (unpaired) electrons. The second kappa shape index (κ2) is 8.92. The van der Waals surface area contributed by atoms with Crippen LogP contribution in [-0.4, -0.2) is 31.1 Å². The standard InChI is InChI=1S/C16H25N3O3/c1-11(2)10-14(19-16(17)21)15(20)18-8-9-22-13-6-4-12(3)5-7-13/h4-7,11,14H,8-10H2,1-3H3,(H,18,20)(H3,17,19,21)/t14-/m0/s1. The highest BCUT2D eigenvalue weighted by molar-refractivity contribution is 5.86. The van der Waals surface area contributed by atoms with Crippen LogP contribution in [-0.2, 0) is 4.79 Å². The maximum atomic E-state index is 12.0. The Morgan fingerprint density at radius 3 is 2.41 bits per heavy atom. The van der Waals surface area contributed by atoms with Gasteiger partial charge in [0.2, 0.25) is 5.91 Å². The molecule has 6 nitrogen and oxygen atoms in total. The Bertz CT molecular complexity index is 486. The Balaban J connectivity index is 2.35. The average molecular weight is 307 g/mol. The molecule has 0 heterocycles. The first kappa shape index (κ1) is 17.8. The third kappa shape index (κ3) is 6.97. The second-order valence-electron chi connectivity index (χ2n) is 5.64. The molecule has 0 saturated heterocycles. The van der Waals surface area contributed by atoms with Gasteiger partial charge in [0.25, 0.3) is 0 Å². The second-order valence-corrected chi connectivity index (χ2v) is 5.64. The molecule has 3 amide bonds. The van der Waals surface area contributed by atoms with Crippen molar-refractivity contribution >= 4 is 11.9 Å². The number of ether oxygens (including phenoxy) is 1. The molecule has 0 spiro atoms. The average Bonchev–Trinajstić information content (AvgIpc) is 2.43. The summed E-state index contributed by atoms with van der Waals surface area (Å²) < 4.78 is 5.53. The van der Waals surface area contributed by atoms with Crippen molar-refractivity contribution in [2.24, 2.45) is 11.7 Å². The largest absolute Gasteiger partial charge is 0.492 e. The summed E-state index contributed by atoms with van der Waals surface area (Å²) in [7, 11) is 0. The van der Waals surface area contributed by atoms with E-state index in [1.165, 1.54) is 0 Å². The molecule has 22 heavy (non-hydrogen) atoms. The molecule has 4 N–H and O–H groups in total. The minimum atomic E-state index is -0.697. The molecule has 122 valence electrons. The van der Waals surface area contributed by atoms with Crippen LogP contribution in [0.2, 0.25) is 0 Å². The number of rotatable bonds is 8. The highest BCUT2D eigenvalue weighted by Crippen LogP contribution is 2.10. The van der Waals surface area contributed by atoms with Gasteiger partial charge in [0, 0.05) is 0 Å². The monoisotopic (exact) mass is 307 g/mol. The van der Waals surface area contributed by atoms with Crippen molar-refractivity contribution in [3.05, 3.63) is 29.8 Å². The van der Waals surface area contributed by atoms with Gasteiger partial charge in [-0.1, -0.05) is 31.5 Å². The van der Waals surface area contributed by atoms with E-state index < -0.39 is 12.1 Å². The van der Waals surface area contributed by atoms with Crippen molar-refractivity contribution in [2.45, 2.75) is 33.2 Å². The summed E-state index contributed by atoms with van der Waals surface area (Å²) in [6.45, 7) is 6.68. The van der Waals surface area contributed by atoms with Gasteiger partial charge in [-0.25, -0.2) is 4.79 Å². The van der Waals surface area contributed by atoms with Gasteiger partial charge in [0.05, 0.1) is 6.54 Å². The summed E-state index contributed by atoms with van der Waals surface area (Å²) in [5.74, 6) is 0.778. The highest BCUT2D eigenvalue weighted by Gasteiger charge is 2.20. The fraction of sp³-hybridized carbons (Fsp3) is 0.500. The van der Waals surface area contributed by atoms with Crippen LogP contribution in [0.4, 0.5) is 4.79 Å². The van der Waals surface area contributed by atoms with Crippen LogP contribution in [0.15, 0.2) is 24.3 Å². The molecule has 0 aliphatic heterocycles. The Hall–Kier alpha value is -2.24. The maximum absolute atomic E-state index is 12.0. The molecule has 6 heteroatoms. The first-order valence-corrected chi connectivity index (χ1v) is 7.41. The predicted molar refractivity (Wildman–Crippen MR) is 85.6 cm³/mol. The summed E-state index contributed by atoms with van der Waals surface area (Å²) in [5, 5.41) is 5.20. The van der Waals surface area contributed by atoms with Gasteiger partial charge in [0.1, 0.15) is 18.4 Å². The van der Waals surface area contributed by atoms with E-state index in [9.17, 15) is 9.59 Å². The van der Waals surface area contributed by atoms with Gasteiger partial charge >= 0.3 is 6.03 Å². The number of nitrogens with two attached hydrogens (primary N) is 1. The zero-order valence-electron chi connectivity index (χ0n) is 13.4. The first-order valence-electron chi connectivity index (χ1n) is 7.41. The van der Waals surface area contributed by atoms with Crippen LogP contribution in [0.3, 0.4) is 0 Å². The van der Waals surface area contributed by atoms with E-state index >= 15 is 0 Å². The molecular weight excluding hydrogens is 282 g/mol. The van der Waals surface area contributed by atoms with E-state index in [0.717, 1.165) is 11.3 Å². The molecule has 1 aromatic rings. The summed E-state index contributed by atoms with van der Waals surface area (Å²) >= 11 is 0. The van der Waals surface area contributed by atoms with Gasteiger partial charge in [-0.15, -0.1) is 0 Å². The molecule has 0 unspecified atom stereocenters. The molecular formula is C16H25N3O3. The zero-order valence-corrected chi connectivity index (χ0v) is 13.4. The fourth-order valence-corrected chi connectivity index (χ4v) is 1.98. The molecule has 0 fully saturated rings. The summed E-state index contributed by atoms with van der Waals surface area (Å²) in [5.41, 5.74) is 6.26. The SMILES string of the molecule is Cc1ccc(OCCNC(=O)[C@H](CC(C)C)NC(N)=O)cc1. The van der Waals surface area contributed by atoms with Gasteiger partial charge < -0.3 is 21.1 Å². The van der Waals surface area contributed by atoms with E-state index in [0.29, 0.717) is 19.6 Å². The van der Waals surface area contributed by atoms with Gasteiger partial charge in [-0.3, -0.25) is 4.79 Å². The van der Waals surface area contributed by atoms with Crippen molar-refractivity contribution in [1.82, 2.24) is 10.6 Å². The van der Waals surface area contributed by atoms with Crippen LogP contribution in [0.1, 0.15) is 25.8 Å². The minimum Gasteiger partial charge on any atom is -0.492 e. The lowest BCUT2D eigenvalue weighted by molar-refractivity contribution is -0.123. The number of hydrogen-bond donors (Lipinski definition) is 3. The predicted octanol–water partition coefficient (Wildman–Crippen LogP) is 1.57. The normalized spacial score (nSPS) is 11.8. The van der Waals surface area contributed by atoms with Crippen molar-refractivity contribution in [3.63, 3.8) is 0 Å². The molecule has 1 aromatic carbocycles. The van der Waals surface area contributed by atoms with Gasteiger partial charge in [-0.2, -0.15) is 0 Å². The van der Waals surface area contributed by atoms with E-state index in [1.54, 1.807) is 0 Å². The lowest BCUT2D eigenvalue weighted by Crippen LogP contribution is -2.49. The van der Waals surface area contributed by atoms with E-state index in [4.69, 9.17) is 10.5 Å². The molecule has 0 bridgehead atoms. The minimum absolute atomic E-state index is 0.250. The Kier molecular flexibility index (Phi) is 7.22. The summed E-state index contributed by atoms with van der Waals surface area (Å²) in [6.07, 6.45) is 0.535. The number of primary amides is 1. The van der Waals surface area contributed by atoms with Crippen LogP contribution < -0.4 is 21.1 Å². The van der Waals surface area contributed by atoms with E-state index in [2.05, 4.69) is 10.6 Å². The number of nitrogens with one attached hydrogen (secondary N) is 2. The van der Waals surface area contributed by atoms with E-state index in [1.807, 2.05) is 45.0 Å². The topological polar surface area (TPSA) is 93.4 Å². The third-order valence-corrected chi connectivity index (χ3v) is 3.03. The Morgan fingerprint density at radius 1 is 1.23 bits per heavy atom. The lowest BCUT2D eigenvalue weighted by atomic mass is 10.0. The number of hydrogen-bond acceptors (Lipinski definition) is 3. The number of benzene rings is 1. The fourth-order valence-electron chi connectivity index (χ4n) is 1.98. The van der Waals surface area contributed by atoms with Crippen molar-refractivity contribution in [1.29, 1.82) is 0 Å². The van der Waals surface area contributed by atoms with Crippen LogP contribution >= 0.6 is 0 Å². The number of aryl methyl sites for hydroxylation is 1. The molecule has 0 aliphatic carbocycles. The van der Waals surface area contributed by atoms with Crippen molar-refractivity contribution < 1.29 is 14.3 Å². The lowest BCUT2D eigenvalue weighted by Gasteiger charge is -2.19. The quantitative estimate of drug-likeness (QED) is 0.636. The maximum Gasteiger partial charge on any atom is 0.312 e. The number of carbonyl (C=O) groups is 2. The van der Waals surface area contributed by atoms with Gasteiger partial charge in [-0.05, 0) is 31.4 Å². The van der Waals surface area contributed by atoms with Crippen molar-refractivity contribution in [3.8, 4) is 5.75 Å². The van der Waals surface area contributed by atoms with Gasteiger partial charge in [0.15, 0.2) is 0 Å². The highest BCUT2D eigenvalue weighted by atomic mass is 16.5.